The molecular weight excluding hydrogens is 554 g/mol. The summed E-state index contributed by atoms with van der Waals surface area (Å²) in [5, 5.41) is 19.5. The van der Waals surface area contributed by atoms with E-state index in [0.717, 1.165) is 12.0 Å². The van der Waals surface area contributed by atoms with Crippen molar-refractivity contribution in [2.24, 2.45) is 0 Å². The largest absolute Gasteiger partial charge is 0.508 e. The Morgan fingerprint density at radius 3 is 2.24 bits per heavy atom. The van der Waals surface area contributed by atoms with Crippen molar-refractivity contribution in [1.29, 1.82) is 0 Å². The second-order valence-electron chi connectivity index (χ2n) is 7.52. The number of rotatable bonds is 8. The van der Waals surface area contributed by atoms with Crippen LogP contribution in [0.5, 0.6) is 17.2 Å². The molecule has 0 heterocycles. The van der Waals surface area contributed by atoms with Gasteiger partial charge in [0.15, 0.2) is 5.75 Å². The number of ether oxygens (including phenoxy) is 1. The number of carbonyl (C=O) groups excluding carboxylic acids is 1. The molecule has 33 heavy (non-hydrogen) atoms. The van der Waals surface area contributed by atoms with Crippen molar-refractivity contribution >= 4 is 49.4 Å². The summed E-state index contributed by atoms with van der Waals surface area (Å²) in [6.45, 7) is 3.58. The number of hydrogen-bond acceptors (Lipinski definition) is 4. The van der Waals surface area contributed by atoms with Crippen LogP contribution in [0, 0.1) is 0 Å². The van der Waals surface area contributed by atoms with E-state index in [1.165, 1.54) is 4.90 Å². The zero-order chi connectivity index (χ0) is 24.1. The Kier molecular flexibility index (Phi) is 8.15. The van der Waals surface area contributed by atoms with Crippen LogP contribution in [0.15, 0.2) is 69.6 Å². The minimum Gasteiger partial charge on any atom is -0.508 e. The summed E-state index contributed by atoms with van der Waals surface area (Å²) in [5.41, 5.74) is 1.57. The van der Waals surface area contributed by atoms with Gasteiger partial charge in [-0.2, -0.15) is 0 Å². The molecule has 0 radical (unpaired) electrons. The fraction of sp³-hybridized carbons (Fsp3) is 0.200. The average molecular weight is 577 g/mol. The number of carboxylic acid groups (broad SMARTS) is 1. The predicted octanol–water partition coefficient (Wildman–Crippen LogP) is 6.95. The van der Waals surface area contributed by atoms with Crippen LogP contribution in [0.4, 0.5) is 5.69 Å². The number of aromatic hydroxyl groups is 1. The van der Waals surface area contributed by atoms with E-state index >= 15 is 0 Å². The predicted molar refractivity (Wildman–Crippen MR) is 134 cm³/mol. The molecule has 0 aliphatic rings. The Morgan fingerprint density at radius 1 is 1.03 bits per heavy atom. The zero-order valence-electron chi connectivity index (χ0n) is 18.1. The molecule has 3 aromatic rings. The normalized spacial score (nSPS) is 11.6. The minimum absolute atomic E-state index is 0.163. The highest BCUT2D eigenvalue weighted by Crippen LogP contribution is 2.41. The van der Waals surface area contributed by atoms with Crippen molar-refractivity contribution < 1.29 is 24.5 Å². The van der Waals surface area contributed by atoms with Gasteiger partial charge >= 0.3 is 5.97 Å². The number of phenolic OH excluding ortho intramolecular Hbond substituents is 1. The van der Waals surface area contributed by atoms with Gasteiger partial charge in [-0.1, -0.05) is 32.0 Å². The van der Waals surface area contributed by atoms with Gasteiger partial charge in [0.1, 0.15) is 18.0 Å². The molecule has 0 aliphatic carbocycles. The maximum Gasteiger partial charge on any atom is 0.323 e. The van der Waals surface area contributed by atoms with E-state index in [0.29, 0.717) is 31.7 Å². The van der Waals surface area contributed by atoms with Crippen molar-refractivity contribution in [2.75, 3.05) is 11.4 Å². The number of carbonyl (C=O) groups is 2. The molecule has 0 aromatic heterocycles. The summed E-state index contributed by atoms with van der Waals surface area (Å²) in [6.07, 6.45) is 0.869. The highest BCUT2D eigenvalue weighted by molar-refractivity contribution is 9.11. The summed E-state index contributed by atoms with van der Waals surface area (Å²) in [5.74, 6) is -0.178. The lowest BCUT2D eigenvalue weighted by Crippen LogP contribution is -2.35. The smallest absolute Gasteiger partial charge is 0.323 e. The molecule has 172 valence electrons. The van der Waals surface area contributed by atoms with Gasteiger partial charge in [-0.15, -0.1) is 0 Å². The number of phenols is 1. The first-order chi connectivity index (χ1) is 15.7. The van der Waals surface area contributed by atoms with Crippen LogP contribution in [0.1, 0.15) is 42.1 Å². The van der Waals surface area contributed by atoms with Gasteiger partial charge in [0.05, 0.1) is 8.95 Å². The van der Waals surface area contributed by atoms with Crippen LogP contribution in [0.25, 0.3) is 0 Å². The van der Waals surface area contributed by atoms with Crippen LogP contribution in [-0.2, 0) is 4.79 Å². The molecule has 0 aliphatic heterocycles. The first-order valence-corrected chi connectivity index (χ1v) is 11.9. The molecule has 6 nitrogen and oxygen atoms in total. The lowest BCUT2D eigenvalue weighted by molar-refractivity contribution is -0.135. The van der Waals surface area contributed by atoms with Crippen molar-refractivity contribution in [3.05, 3.63) is 80.7 Å². The molecule has 0 saturated heterocycles. The Bertz CT molecular complexity index is 1140. The Morgan fingerprint density at radius 2 is 1.67 bits per heavy atom. The molecular formula is C25H23Br2NO5. The van der Waals surface area contributed by atoms with Crippen LogP contribution in [0.3, 0.4) is 0 Å². The van der Waals surface area contributed by atoms with Gasteiger partial charge in [0.25, 0.3) is 5.91 Å². The third kappa shape index (κ3) is 5.94. The first kappa shape index (κ1) is 24.8. The molecule has 0 spiro atoms. The summed E-state index contributed by atoms with van der Waals surface area (Å²) in [4.78, 5) is 25.7. The molecule has 1 unspecified atom stereocenters. The fourth-order valence-electron chi connectivity index (χ4n) is 3.28. The van der Waals surface area contributed by atoms with Crippen LogP contribution in [-0.4, -0.2) is 28.6 Å². The maximum atomic E-state index is 13.0. The summed E-state index contributed by atoms with van der Waals surface area (Å²) >= 11 is 6.96. The van der Waals surface area contributed by atoms with Gasteiger partial charge in [-0.3, -0.25) is 14.5 Å². The maximum absolute atomic E-state index is 13.0. The number of amides is 1. The van der Waals surface area contributed by atoms with Crippen LogP contribution in [0.2, 0.25) is 0 Å². The highest BCUT2D eigenvalue weighted by atomic mass is 79.9. The second kappa shape index (κ2) is 10.9. The van der Waals surface area contributed by atoms with Gasteiger partial charge in [-0.25, -0.2) is 0 Å². The summed E-state index contributed by atoms with van der Waals surface area (Å²) < 4.78 is 7.12. The van der Waals surface area contributed by atoms with Crippen molar-refractivity contribution in [3.63, 3.8) is 0 Å². The third-order valence-corrected chi connectivity index (χ3v) is 6.39. The molecule has 3 rings (SSSR count). The molecule has 0 bridgehead atoms. The van der Waals surface area contributed by atoms with E-state index in [-0.39, 0.29) is 11.7 Å². The highest BCUT2D eigenvalue weighted by Gasteiger charge is 2.23. The van der Waals surface area contributed by atoms with Crippen molar-refractivity contribution in [1.82, 2.24) is 0 Å². The van der Waals surface area contributed by atoms with Gasteiger partial charge in [0, 0.05) is 16.8 Å². The molecule has 1 amide bonds. The quantitative estimate of drug-likeness (QED) is 0.303. The van der Waals surface area contributed by atoms with Gasteiger partial charge < -0.3 is 14.9 Å². The number of nitrogens with zero attached hydrogens (tertiary/aromatic N) is 1. The summed E-state index contributed by atoms with van der Waals surface area (Å²) in [6, 6.07) is 16.8. The fourth-order valence-corrected chi connectivity index (χ4v) is 4.60. The minimum atomic E-state index is -1.13. The van der Waals surface area contributed by atoms with Gasteiger partial charge in [-0.05, 0) is 86.7 Å². The Balaban J connectivity index is 1.96. The number of hydrogen-bond donors (Lipinski definition) is 2. The molecule has 8 heteroatoms. The molecule has 1 atom stereocenters. The van der Waals surface area contributed by atoms with E-state index in [9.17, 15) is 19.8 Å². The van der Waals surface area contributed by atoms with E-state index in [1.807, 2.05) is 13.8 Å². The average Bonchev–Trinajstić information content (AvgIpc) is 2.80. The molecule has 3 aromatic carbocycles. The van der Waals surface area contributed by atoms with E-state index < -0.39 is 18.4 Å². The van der Waals surface area contributed by atoms with Crippen LogP contribution < -0.4 is 9.64 Å². The number of aliphatic carboxylic acids is 1. The molecule has 2 N–H and O–H groups in total. The molecule has 0 saturated carbocycles. The number of halogens is 2. The Hall–Kier alpha value is -2.84. The standard InChI is InChI=1S/C25H23Br2NO5/c1-3-15(2)19-13-18(9-10-22(19)29)33-24-20(26)11-17(12-21(24)27)28(14-23(30)31)25(32)16-7-5-4-6-8-16/h4-13,15,29H,3,14H2,1-2H3,(H,30,31). The van der Waals surface area contributed by atoms with E-state index in [4.69, 9.17) is 4.74 Å². The first-order valence-electron chi connectivity index (χ1n) is 10.3. The van der Waals surface area contributed by atoms with Crippen LogP contribution >= 0.6 is 31.9 Å². The Labute approximate surface area is 209 Å². The lowest BCUT2D eigenvalue weighted by atomic mass is 9.97. The van der Waals surface area contributed by atoms with E-state index in [1.54, 1.807) is 60.7 Å². The SMILES string of the molecule is CCC(C)c1cc(Oc2c(Br)cc(N(CC(=O)O)C(=O)c3ccccc3)cc2Br)ccc1O. The number of carboxylic acids is 1. The summed E-state index contributed by atoms with van der Waals surface area (Å²) in [7, 11) is 0. The van der Waals surface area contributed by atoms with Crippen molar-refractivity contribution in [2.45, 2.75) is 26.2 Å². The number of anilines is 1. The van der Waals surface area contributed by atoms with Crippen molar-refractivity contribution in [3.8, 4) is 17.2 Å². The number of benzene rings is 3. The lowest BCUT2D eigenvalue weighted by Gasteiger charge is -2.23. The third-order valence-electron chi connectivity index (χ3n) is 5.22. The van der Waals surface area contributed by atoms with E-state index in [2.05, 4.69) is 31.9 Å². The second-order valence-corrected chi connectivity index (χ2v) is 9.23. The molecule has 0 fully saturated rings. The van der Waals surface area contributed by atoms with Gasteiger partial charge in [0.2, 0.25) is 0 Å². The zero-order valence-corrected chi connectivity index (χ0v) is 21.3. The monoisotopic (exact) mass is 575 g/mol. The topological polar surface area (TPSA) is 87.1 Å².